The number of likely N-dealkylation sites (N-methyl/N-ethyl adjacent to an activating group) is 1. The number of halogens is 1. The fraction of sp³-hybridized carbons (Fsp3) is 0.278. The average molecular weight is 347 g/mol. The van der Waals surface area contributed by atoms with Crippen LogP contribution >= 0.6 is 23.4 Å². The van der Waals surface area contributed by atoms with Crippen molar-refractivity contribution in [2.24, 2.45) is 0 Å². The molecule has 3 nitrogen and oxygen atoms in total. The van der Waals surface area contributed by atoms with Crippen molar-refractivity contribution < 1.29 is 4.79 Å². The number of benzene rings is 2. The summed E-state index contributed by atoms with van der Waals surface area (Å²) in [4.78, 5) is 18.1. The zero-order valence-electron chi connectivity index (χ0n) is 13.3. The van der Waals surface area contributed by atoms with Crippen molar-refractivity contribution in [1.82, 2.24) is 4.90 Å². The van der Waals surface area contributed by atoms with Gasteiger partial charge in [0.25, 0.3) is 5.91 Å². The standard InChI is InChI=1S/C18H19ClN2OS/c1-20-9-10-21(12-13-5-3-4-6-17(13)20)18(22)15-11-14(23-2)7-8-16(15)19/h3-8,11H,9-10,12H2,1-2H3. The molecule has 0 fully saturated rings. The molecule has 0 saturated carbocycles. The van der Waals surface area contributed by atoms with Gasteiger partial charge in [0.1, 0.15) is 0 Å². The summed E-state index contributed by atoms with van der Waals surface area (Å²) in [5.41, 5.74) is 2.94. The smallest absolute Gasteiger partial charge is 0.255 e. The number of hydrogen-bond acceptors (Lipinski definition) is 3. The highest BCUT2D eigenvalue weighted by atomic mass is 35.5. The van der Waals surface area contributed by atoms with Crippen LogP contribution in [0.3, 0.4) is 0 Å². The minimum atomic E-state index is -0.00370. The van der Waals surface area contributed by atoms with Crippen molar-refractivity contribution in [3.8, 4) is 0 Å². The van der Waals surface area contributed by atoms with E-state index in [9.17, 15) is 4.79 Å². The molecular formula is C18H19ClN2OS. The van der Waals surface area contributed by atoms with Crippen molar-refractivity contribution in [1.29, 1.82) is 0 Å². The second-order valence-electron chi connectivity index (χ2n) is 5.62. The Morgan fingerprint density at radius 1 is 1.17 bits per heavy atom. The van der Waals surface area contributed by atoms with Gasteiger partial charge in [-0.25, -0.2) is 0 Å². The summed E-state index contributed by atoms with van der Waals surface area (Å²) < 4.78 is 0. The van der Waals surface area contributed by atoms with Crippen LogP contribution in [0.2, 0.25) is 5.02 Å². The fourth-order valence-electron chi connectivity index (χ4n) is 2.83. The second-order valence-corrected chi connectivity index (χ2v) is 6.91. The molecule has 5 heteroatoms. The van der Waals surface area contributed by atoms with E-state index in [1.165, 1.54) is 5.69 Å². The van der Waals surface area contributed by atoms with E-state index in [0.717, 1.165) is 17.0 Å². The highest BCUT2D eigenvalue weighted by molar-refractivity contribution is 7.98. The monoisotopic (exact) mass is 346 g/mol. The molecule has 0 aliphatic carbocycles. The second kappa shape index (κ2) is 6.85. The molecule has 0 spiro atoms. The first-order chi connectivity index (χ1) is 11.1. The number of carbonyl (C=O) groups is 1. The van der Waals surface area contributed by atoms with Gasteiger partial charge in [-0.3, -0.25) is 4.79 Å². The molecule has 23 heavy (non-hydrogen) atoms. The number of amides is 1. The Labute approximate surface area is 146 Å². The lowest BCUT2D eigenvalue weighted by atomic mass is 10.1. The summed E-state index contributed by atoms with van der Waals surface area (Å²) >= 11 is 7.88. The van der Waals surface area contributed by atoms with Crippen LogP contribution in [0.15, 0.2) is 47.4 Å². The first-order valence-corrected chi connectivity index (χ1v) is 9.12. The first-order valence-electron chi connectivity index (χ1n) is 7.52. The maximum Gasteiger partial charge on any atom is 0.255 e. The molecule has 0 bridgehead atoms. The Balaban J connectivity index is 1.92. The summed E-state index contributed by atoms with van der Waals surface area (Å²) in [5.74, 6) is -0.00370. The van der Waals surface area contributed by atoms with Crippen LogP contribution in [-0.4, -0.2) is 37.2 Å². The molecule has 0 unspecified atom stereocenters. The third-order valence-corrected chi connectivity index (χ3v) is 5.22. The lowest BCUT2D eigenvalue weighted by Crippen LogP contribution is -2.34. The van der Waals surface area contributed by atoms with E-state index in [2.05, 4.69) is 24.1 Å². The van der Waals surface area contributed by atoms with Gasteiger partial charge in [-0.2, -0.15) is 0 Å². The maximum atomic E-state index is 13.0. The van der Waals surface area contributed by atoms with Gasteiger partial charge in [-0.05, 0) is 36.1 Å². The van der Waals surface area contributed by atoms with E-state index >= 15 is 0 Å². The molecule has 0 aromatic heterocycles. The van der Waals surface area contributed by atoms with Gasteiger partial charge in [0, 0.05) is 37.3 Å². The largest absolute Gasteiger partial charge is 0.373 e. The van der Waals surface area contributed by atoms with Gasteiger partial charge in [0.05, 0.1) is 10.6 Å². The Hall–Kier alpha value is -1.65. The molecule has 0 atom stereocenters. The predicted octanol–water partition coefficient (Wildman–Crippen LogP) is 4.15. The third-order valence-electron chi connectivity index (χ3n) is 4.16. The Morgan fingerprint density at radius 3 is 2.74 bits per heavy atom. The zero-order valence-corrected chi connectivity index (χ0v) is 14.8. The lowest BCUT2D eigenvalue weighted by molar-refractivity contribution is 0.0751. The minimum absolute atomic E-state index is 0.00370. The summed E-state index contributed by atoms with van der Waals surface area (Å²) in [7, 11) is 2.06. The molecule has 1 aliphatic heterocycles. The molecule has 2 aromatic rings. The number of hydrogen-bond donors (Lipinski definition) is 0. The summed E-state index contributed by atoms with van der Waals surface area (Å²) in [5, 5.41) is 0.513. The number of para-hydroxylation sites is 1. The van der Waals surface area contributed by atoms with Gasteiger partial charge in [0.15, 0.2) is 0 Å². The van der Waals surface area contributed by atoms with Gasteiger partial charge in [-0.15, -0.1) is 11.8 Å². The highest BCUT2D eigenvalue weighted by Crippen LogP contribution is 2.28. The molecule has 3 rings (SSSR count). The first kappa shape index (κ1) is 16.2. The van der Waals surface area contributed by atoms with E-state index in [0.29, 0.717) is 23.7 Å². The molecule has 1 heterocycles. The predicted molar refractivity (Wildman–Crippen MR) is 97.7 cm³/mol. The van der Waals surface area contributed by atoms with E-state index in [4.69, 9.17) is 11.6 Å². The summed E-state index contributed by atoms with van der Waals surface area (Å²) in [6.07, 6.45) is 1.99. The Kier molecular flexibility index (Phi) is 4.83. The number of nitrogens with zero attached hydrogens (tertiary/aromatic N) is 2. The molecule has 0 saturated heterocycles. The van der Waals surface area contributed by atoms with Crippen molar-refractivity contribution in [2.45, 2.75) is 11.4 Å². The maximum absolute atomic E-state index is 13.0. The van der Waals surface area contributed by atoms with Gasteiger partial charge in [0.2, 0.25) is 0 Å². The van der Waals surface area contributed by atoms with Crippen LogP contribution in [-0.2, 0) is 6.54 Å². The van der Waals surface area contributed by atoms with E-state index in [1.807, 2.05) is 35.4 Å². The van der Waals surface area contributed by atoms with E-state index in [-0.39, 0.29) is 5.91 Å². The van der Waals surface area contributed by atoms with E-state index in [1.54, 1.807) is 17.8 Å². The fourth-order valence-corrected chi connectivity index (χ4v) is 3.47. The SMILES string of the molecule is CSc1ccc(Cl)c(C(=O)N2CCN(C)c3ccccc3C2)c1. The molecular weight excluding hydrogens is 328 g/mol. The summed E-state index contributed by atoms with van der Waals surface area (Å²) in [6, 6.07) is 13.9. The highest BCUT2D eigenvalue weighted by Gasteiger charge is 2.23. The van der Waals surface area contributed by atoms with Crippen LogP contribution < -0.4 is 4.90 Å². The van der Waals surface area contributed by atoms with Crippen molar-refractivity contribution in [3.63, 3.8) is 0 Å². The van der Waals surface area contributed by atoms with Gasteiger partial charge < -0.3 is 9.80 Å². The van der Waals surface area contributed by atoms with Crippen molar-refractivity contribution in [2.75, 3.05) is 31.3 Å². The molecule has 1 aliphatic rings. The topological polar surface area (TPSA) is 23.6 Å². The quantitative estimate of drug-likeness (QED) is 0.763. The number of anilines is 1. The van der Waals surface area contributed by atoms with Crippen LogP contribution in [0.1, 0.15) is 15.9 Å². The zero-order chi connectivity index (χ0) is 16.4. The molecule has 120 valence electrons. The van der Waals surface area contributed by atoms with Gasteiger partial charge >= 0.3 is 0 Å². The van der Waals surface area contributed by atoms with Crippen LogP contribution in [0, 0.1) is 0 Å². The van der Waals surface area contributed by atoms with E-state index < -0.39 is 0 Å². The lowest BCUT2D eigenvalue weighted by Gasteiger charge is -2.22. The van der Waals surface area contributed by atoms with Gasteiger partial charge in [-0.1, -0.05) is 29.8 Å². The average Bonchev–Trinajstić information content (AvgIpc) is 2.74. The minimum Gasteiger partial charge on any atom is -0.373 e. The summed E-state index contributed by atoms with van der Waals surface area (Å²) in [6.45, 7) is 2.10. The molecule has 0 radical (unpaired) electrons. The van der Waals surface area contributed by atoms with Crippen molar-refractivity contribution >= 4 is 35.0 Å². The third kappa shape index (κ3) is 3.33. The number of fused-ring (bicyclic) bond motifs is 1. The molecule has 0 N–H and O–H groups in total. The number of thioether (sulfide) groups is 1. The Morgan fingerprint density at radius 2 is 1.96 bits per heavy atom. The number of rotatable bonds is 2. The van der Waals surface area contributed by atoms with Crippen LogP contribution in [0.5, 0.6) is 0 Å². The number of carbonyl (C=O) groups excluding carboxylic acids is 1. The molecule has 1 amide bonds. The van der Waals surface area contributed by atoms with Crippen molar-refractivity contribution in [3.05, 3.63) is 58.6 Å². The molecule has 2 aromatic carbocycles. The van der Waals surface area contributed by atoms with Crippen LogP contribution in [0.25, 0.3) is 0 Å². The van der Waals surface area contributed by atoms with Crippen LogP contribution in [0.4, 0.5) is 5.69 Å². The normalized spacial score (nSPS) is 14.4. The Bertz CT molecular complexity index is 735.